The van der Waals surface area contributed by atoms with Crippen LogP contribution in [0.4, 0.5) is 5.69 Å². The molecule has 0 aromatic heterocycles. The molecule has 0 saturated heterocycles. The number of hydrogen-bond acceptors (Lipinski definition) is 6. The van der Waals surface area contributed by atoms with Gasteiger partial charge in [0, 0.05) is 18.7 Å². The maximum absolute atomic E-state index is 14.1. The van der Waals surface area contributed by atoms with E-state index in [9.17, 15) is 18.0 Å². The molecule has 0 aliphatic rings. The Morgan fingerprint density at radius 2 is 1.54 bits per heavy atom. The molecule has 0 unspecified atom stereocenters. The number of methoxy groups -OCH3 is 2. The highest BCUT2D eigenvalue weighted by Gasteiger charge is 2.33. The van der Waals surface area contributed by atoms with Crippen LogP contribution < -0.4 is 19.1 Å². The highest BCUT2D eigenvalue weighted by Crippen LogP contribution is 2.32. The van der Waals surface area contributed by atoms with E-state index in [1.807, 2.05) is 51.1 Å². The van der Waals surface area contributed by atoms with Crippen molar-refractivity contribution in [2.45, 2.75) is 57.6 Å². The van der Waals surface area contributed by atoms with E-state index in [1.165, 1.54) is 37.3 Å². The lowest BCUT2D eigenvalue weighted by atomic mass is 10.1. The molecule has 0 spiro atoms. The number of nitrogens with zero attached hydrogens (tertiary/aromatic N) is 2. The SMILES string of the molecule is CC[C@H](C)NC(=O)[C@H](C)N(Cc1ccccc1)C(=O)CN(c1ccc(C)cc1)S(=O)(=O)c1ccc(OC)c(OC)c1. The van der Waals surface area contributed by atoms with E-state index < -0.39 is 28.5 Å². The lowest BCUT2D eigenvalue weighted by Gasteiger charge is -2.32. The van der Waals surface area contributed by atoms with Crippen LogP contribution in [0.1, 0.15) is 38.3 Å². The van der Waals surface area contributed by atoms with Gasteiger partial charge in [-0.25, -0.2) is 8.42 Å². The summed E-state index contributed by atoms with van der Waals surface area (Å²) in [6.45, 7) is 7.00. The Labute approximate surface area is 243 Å². The molecule has 10 heteroatoms. The van der Waals surface area contributed by atoms with Gasteiger partial charge in [0.25, 0.3) is 10.0 Å². The predicted molar refractivity (Wildman–Crippen MR) is 160 cm³/mol. The number of benzene rings is 3. The minimum Gasteiger partial charge on any atom is -0.493 e. The van der Waals surface area contributed by atoms with Crippen molar-refractivity contribution >= 4 is 27.5 Å². The number of ether oxygens (including phenoxy) is 2. The third-order valence-corrected chi connectivity index (χ3v) is 8.68. The quantitative estimate of drug-likeness (QED) is 0.318. The van der Waals surface area contributed by atoms with Crippen molar-refractivity contribution < 1.29 is 27.5 Å². The van der Waals surface area contributed by atoms with Crippen LogP contribution >= 0.6 is 0 Å². The molecule has 1 N–H and O–H groups in total. The molecule has 41 heavy (non-hydrogen) atoms. The zero-order valence-electron chi connectivity index (χ0n) is 24.5. The molecule has 0 aliphatic heterocycles. The molecule has 3 rings (SSSR count). The second kappa shape index (κ2) is 14.0. The number of amides is 2. The second-order valence-electron chi connectivity index (χ2n) is 9.87. The number of rotatable bonds is 13. The average molecular weight is 582 g/mol. The number of anilines is 1. The summed E-state index contributed by atoms with van der Waals surface area (Å²) in [6.07, 6.45) is 0.732. The van der Waals surface area contributed by atoms with Crippen LogP contribution in [0.3, 0.4) is 0 Å². The van der Waals surface area contributed by atoms with Gasteiger partial charge in [0.05, 0.1) is 24.8 Å². The fourth-order valence-corrected chi connectivity index (χ4v) is 5.60. The highest BCUT2D eigenvalue weighted by atomic mass is 32.2. The van der Waals surface area contributed by atoms with E-state index in [4.69, 9.17) is 9.47 Å². The summed E-state index contributed by atoms with van der Waals surface area (Å²) in [5.74, 6) is -0.220. The highest BCUT2D eigenvalue weighted by molar-refractivity contribution is 7.92. The number of carbonyl (C=O) groups excluding carboxylic acids is 2. The molecule has 3 aromatic carbocycles. The number of aryl methyl sites for hydroxylation is 1. The van der Waals surface area contributed by atoms with Gasteiger partial charge in [0.15, 0.2) is 11.5 Å². The van der Waals surface area contributed by atoms with Gasteiger partial charge in [-0.3, -0.25) is 13.9 Å². The van der Waals surface area contributed by atoms with Crippen LogP contribution in [0.2, 0.25) is 0 Å². The van der Waals surface area contributed by atoms with Crippen LogP contribution in [0.25, 0.3) is 0 Å². The summed E-state index contributed by atoms with van der Waals surface area (Å²) in [5, 5.41) is 2.93. The van der Waals surface area contributed by atoms with Crippen molar-refractivity contribution in [2.75, 3.05) is 25.1 Å². The van der Waals surface area contributed by atoms with Gasteiger partial charge in [-0.2, -0.15) is 0 Å². The molecule has 0 fully saturated rings. The van der Waals surface area contributed by atoms with E-state index in [0.29, 0.717) is 11.4 Å². The molecule has 3 aromatic rings. The van der Waals surface area contributed by atoms with Gasteiger partial charge in [-0.1, -0.05) is 55.0 Å². The lowest BCUT2D eigenvalue weighted by molar-refractivity contribution is -0.139. The first-order valence-electron chi connectivity index (χ1n) is 13.5. The summed E-state index contributed by atoms with van der Waals surface area (Å²) < 4.78 is 39.8. The molecule has 220 valence electrons. The molecule has 0 aliphatic carbocycles. The minimum absolute atomic E-state index is 0.0688. The fourth-order valence-electron chi connectivity index (χ4n) is 4.17. The van der Waals surface area contributed by atoms with E-state index in [1.54, 1.807) is 31.2 Å². The normalized spacial score (nSPS) is 12.6. The topological polar surface area (TPSA) is 105 Å². The first kappa shape index (κ1) is 31.5. The minimum atomic E-state index is -4.25. The zero-order valence-corrected chi connectivity index (χ0v) is 25.3. The van der Waals surface area contributed by atoms with E-state index >= 15 is 0 Å². The second-order valence-corrected chi connectivity index (χ2v) is 11.7. The summed E-state index contributed by atoms with van der Waals surface area (Å²) in [7, 11) is -1.36. The van der Waals surface area contributed by atoms with Crippen molar-refractivity contribution in [1.29, 1.82) is 0 Å². The monoisotopic (exact) mass is 581 g/mol. The molecule has 0 radical (unpaired) electrons. The Kier molecular flexibility index (Phi) is 10.8. The molecule has 9 nitrogen and oxygen atoms in total. The standard InChI is InChI=1S/C31H39N3O6S/c1-7-23(3)32-31(36)24(4)33(20-25-11-9-8-10-12-25)30(35)21-34(26-15-13-22(2)14-16-26)41(37,38)27-17-18-28(39-5)29(19-27)40-6/h8-19,23-24H,7,20-21H2,1-6H3,(H,32,36)/t23-,24-/m0/s1. The number of hydrogen-bond donors (Lipinski definition) is 1. The zero-order chi connectivity index (χ0) is 30.2. The average Bonchev–Trinajstić information content (AvgIpc) is 2.98. The van der Waals surface area contributed by atoms with Gasteiger partial charge in [-0.15, -0.1) is 0 Å². The summed E-state index contributed by atoms with van der Waals surface area (Å²) in [5.41, 5.74) is 2.06. The Morgan fingerprint density at radius 3 is 2.12 bits per heavy atom. The maximum Gasteiger partial charge on any atom is 0.264 e. The Hall–Kier alpha value is -4.05. The van der Waals surface area contributed by atoms with Gasteiger partial charge < -0.3 is 19.7 Å². The van der Waals surface area contributed by atoms with Crippen LogP contribution in [0.15, 0.2) is 77.7 Å². The van der Waals surface area contributed by atoms with Crippen molar-refractivity contribution in [1.82, 2.24) is 10.2 Å². The molecule has 0 saturated carbocycles. The van der Waals surface area contributed by atoms with Crippen molar-refractivity contribution in [3.63, 3.8) is 0 Å². The van der Waals surface area contributed by atoms with Crippen LogP contribution in [-0.2, 0) is 26.2 Å². The van der Waals surface area contributed by atoms with E-state index in [2.05, 4.69) is 5.32 Å². The Morgan fingerprint density at radius 1 is 0.902 bits per heavy atom. The van der Waals surface area contributed by atoms with E-state index in [0.717, 1.165) is 21.9 Å². The van der Waals surface area contributed by atoms with Gasteiger partial charge in [0.2, 0.25) is 11.8 Å². The van der Waals surface area contributed by atoms with Crippen molar-refractivity contribution in [2.24, 2.45) is 0 Å². The third kappa shape index (κ3) is 7.79. The summed E-state index contributed by atoms with van der Waals surface area (Å²) >= 11 is 0. The third-order valence-electron chi connectivity index (χ3n) is 6.91. The van der Waals surface area contributed by atoms with Gasteiger partial charge in [-0.05, 0) is 57.0 Å². The maximum atomic E-state index is 14.1. The molecule has 2 atom stereocenters. The summed E-state index contributed by atoms with van der Waals surface area (Å²) in [4.78, 5) is 28.5. The molecule has 2 amide bonds. The molecule has 0 heterocycles. The number of nitrogens with one attached hydrogen (secondary N) is 1. The van der Waals surface area contributed by atoms with Crippen LogP contribution in [0, 0.1) is 6.92 Å². The molecule has 0 bridgehead atoms. The smallest absolute Gasteiger partial charge is 0.264 e. The van der Waals surface area contributed by atoms with Crippen LogP contribution in [-0.4, -0.2) is 58.0 Å². The predicted octanol–water partition coefficient (Wildman–Crippen LogP) is 4.54. The van der Waals surface area contributed by atoms with Gasteiger partial charge in [0.1, 0.15) is 12.6 Å². The molecular formula is C31H39N3O6S. The Balaban J connectivity index is 2.05. The number of sulfonamides is 1. The first-order valence-corrected chi connectivity index (χ1v) is 14.9. The fraction of sp³-hybridized carbons (Fsp3) is 0.355. The van der Waals surface area contributed by atoms with Crippen molar-refractivity contribution in [3.05, 3.63) is 83.9 Å². The lowest BCUT2D eigenvalue weighted by Crippen LogP contribution is -2.52. The Bertz CT molecular complexity index is 1430. The molecular weight excluding hydrogens is 542 g/mol. The number of carbonyl (C=O) groups is 2. The largest absolute Gasteiger partial charge is 0.493 e. The first-order chi connectivity index (χ1) is 19.5. The van der Waals surface area contributed by atoms with Crippen molar-refractivity contribution in [3.8, 4) is 11.5 Å². The van der Waals surface area contributed by atoms with E-state index in [-0.39, 0.29) is 29.1 Å². The summed E-state index contributed by atoms with van der Waals surface area (Å²) in [6, 6.07) is 19.5. The van der Waals surface area contributed by atoms with Crippen LogP contribution in [0.5, 0.6) is 11.5 Å². The van der Waals surface area contributed by atoms with Gasteiger partial charge >= 0.3 is 0 Å².